The number of phenols is 1. The first kappa shape index (κ1) is 20.1. The van der Waals surface area contributed by atoms with Crippen LogP contribution in [-0.4, -0.2) is 23.3 Å². The lowest BCUT2D eigenvalue weighted by molar-refractivity contribution is -0.147. The number of para-hydroxylation sites is 1. The minimum atomic E-state index is -1.03. The molecule has 2 aliphatic carbocycles. The molecule has 0 saturated carbocycles. The van der Waals surface area contributed by atoms with Gasteiger partial charge in [-0.1, -0.05) is 44.7 Å². The highest BCUT2D eigenvalue weighted by atomic mass is 16.5. The molecule has 0 aliphatic heterocycles. The van der Waals surface area contributed by atoms with Gasteiger partial charge in [0.05, 0.1) is 12.0 Å². The number of phenolic OH excluding ortho intramolecular Hbond substituents is 1. The fraction of sp³-hybridized carbons (Fsp3) is 0.417. The minimum Gasteiger partial charge on any atom is -0.504 e. The van der Waals surface area contributed by atoms with Crippen LogP contribution in [-0.2, 0) is 9.59 Å². The third-order valence-corrected chi connectivity index (χ3v) is 6.90. The van der Waals surface area contributed by atoms with Crippen molar-refractivity contribution in [3.8, 4) is 11.5 Å². The van der Waals surface area contributed by atoms with Gasteiger partial charge in [0.1, 0.15) is 0 Å². The van der Waals surface area contributed by atoms with Crippen molar-refractivity contribution in [3.63, 3.8) is 0 Å². The van der Waals surface area contributed by atoms with Gasteiger partial charge in [-0.2, -0.15) is 0 Å². The van der Waals surface area contributed by atoms with E-state index in [1.807, 2.05) is 26.8 Å². The van der Waals surface area contributed by atoms with Gasteiger partial charge < -0.3 is 9.84 Å². The van der Waals surface area contributed by atoms with E-state index in [0.29, 0.717) is 35.5 Å². The van der Waals surface area contributed by atoms with E-state index in [1.165, 1.54) is 0 Å². The number of carbonyl (C=O) groups is 2. The first-order chi connectivity index (χ1) is 13.1. The van der Waals surface area contributed by atoms with Crippen LogP contribution < -0.4 is 4.74 Å². The van der Waals surface area contributed by atoms with Gasteiger partial charge in [0.15, 0.2) is 23.1 Å². The van der Waals surface area contributed by atoms with Gasteiger partial charge in [0, 0.05) is 16.9 Å². The number of hydrogen-bond donors (Lipinski definition) is 1. The third kappa shape index (κ3) is 2.43. The molecule has 0 fully saturated rings. The number of Topliss-reactive ketones (excluding diaryl/α,β-unsaturated/α-hetero) is 2. The molecule has 1 aromatic carbocycles. The fourth-order valence-corrected chi connectivity index (χ4v) is 4.89. The van der Waals surface area contributed by atoms with Crippen molar-refractivity contribution in [2.75, 3.05) is 6.61 Å². The Morgan fingerprint density at radius 2 is 1.86 bits per heavy atom. The van der Waals surface area contributed by atoms with Gasteiger partial charge >= 0.3 is 0 Å². The van der Waals surface area contributed by atoms with Gasteiger partial charge in [-0.15, -0.1) is 0 Å². The van der Waals surface area contributed by atoms with Crippen LogP contribution in [0.1, 0.15) is 52.5 Å². The van der Waals surface area contributed by atoms with Gasteiger partial charge in [0.25, 0.3) is 0 Å². The molecule has 3 unspecified atom stereocenters. The summed E-state index contributed by atoms with van der Waals surface area (Å²) in [5.41, 5.74) is 0.538. The summed E-state index contributed by atoms with van der Waals surface area (Å²) in [6.45, 7) is 13.4. The zero-order chi connectivity index (χ0) is 20.9. The Balaban J connectivity index is 2.33. The van der Waals surface area contributed by atoms with E-state index >= 15 is 0 Å². The SMILES string of the molecule is C=CC1=CCC2(C)C(=O)C(C)=C(C)C(=O)C2(C)C1c1cccc(OCC)c1O. The van der Waals surface area contributed by atoms with E-state index < -0.39 is 16.7 Å². The van der Waals surface area contributed by atoms with Crippen LogP contribution in [0, 0.1) is 10.8 Å². The average Bonchev–Trinajstić information content (AvgIpc) is 2.68. The van der Waals surface area contributed by atoms with Crippen LogP contribution in [0.2, 0.25) is 0 Å². The lowest BCUT2D eigenvalue weighted by Gasteiger charge is -2.54. The smallest absolute Gasteiger partial charge is 0.166 e. The number of hydrogen-bond acceptors (Lipinski definition) is 4. The van der Waals surface area contributed by atoms with Gasteiger partial charge in [-0.05, 0) is 50.0 Å². The second kappa shape index (κ2) is 6.77. The maximum Gasteiger partial charge on any atom is 0.166 e. The lowest BCUT2D eigenvalue weighted by Crippen LogP contribution is -2.57. The van der Waals surface area contributed by atoms with E-state index in [1.54, 1.807) is 38.1 Å². The lowest BCUT2D eigenvalue weighted by atomic mass is 9.45. The van der Waals surface area contributed by atoms with Crippen molar-refractivity contribution < 1.29 is 19.4 Å². The molecule has 28 heavy (non-hydrogen) atoms. The molecule has 0 amide bonds. The van der Waals surface area contributed by atoms with Gasteiger partial charge in [0.2, 0.25) is 0 Å². The highest BCUT2D eigenvalue weighted by Crippen LogP contribution is 2.63. The third-order valence-electron chi connectivity index (χ3n) is 6.90. The summed E-state index contributed by atoms with van der Waals surface area (Å²) in [4.78, 5) is 26.9. The molecule has 148 valence electrons. The molecular formula is C24H28O4. The highest BCUT2D eigenvalue weighted by molar-refractivity contribution is 6.17. The molecule has 0 radical (unpaired) electrons. The molecule has 0 saturated heterocycles. The summed E-state index contributed by atoms with van der Waals surface area (Å²) in [5.74, 6) is -0.166. The van der Waals surface area contributed by atoms with Crippen LogP contribution in [0.4, 0.5) is 0 Å². The van der Waals surface area contributed by atoms with E-state index in [0.717, 1.165) is 5.57 Å². The van der Waals surface area contributed by atoms with Crippen LogP contribution in [0.25, 0.3) is 0 Å². The molecule has 3 atom stereocenters. The molecule has 0 bridgehead atoms. The van der Waals surface area contributed by atoms with E-state index in [-0.39, 0.29) is 17.3 Å². The number of carbonyl (C=O) groups excluding carboxylic acids is 2. The summed E-state index contributed by atoms with van der Waals surface area (Å²) in [6.07, 6.45) is 4.16. The highest BCUT2D eigenvalue weighted by Gasteiger charge is 2.63. The predicted molar refractivity (Wildman–Crippen MR) is 110 cm³/mol. The number of rotatable bonds is 4. The van der Waals surface area contributed by atoms with Crippen molar-refractivity contribution in [2.24, 2.45) is 10.8 Å². The molecule has 0 heterocycles. The zero-order valence-electron chi connectivity index (χ0n) is 17.3. The monoisotopic (exact) mass is 380 g/mol. The Labute approximate surface area is 166 Å². The Kier molecular flexibility index (Phi) is 4.86. The van der Waals surface area contributed by atoms with Crippen LogP contribution in [0.15, 0.2) is 53.6 Å². The average molecular weight is 380 g/mol. The van der Waals surface area contributed by atoms with Crippen LogP contribution >= 0.6 is 0 Å². The normalized spacial score (nSPS) is 30.0. The Hall–Kier alpha value is -2.62. The second-order valence-corrected chi connectivity index (χ2v) is 8.12. The maximum atomic E-state index is 13.6. The number of ketones is 2. The Morgan fingerprint density at radius 3 is 2.46 bits per heavy atom. The van der Waals surface area contributed by atoms with Crippen molar-refractivity contribution in [1.82, 2.24) is 0 Å². The molecule has 2 aliphatic rings. The van der Waals surface area contributed by atoms with Crippen LogP contribution in [0.3, 0.4) is 0 Å². The standard InChI is InChI=1S/C24H28O4/c1-7-16-12-13-23(5)21(26)14(3)15(4)22(27)24(23,6)19(16)17-10-9-11-18(20(17)25)28-8-2/h7,9-12,19,25H,1,8,13H2,2-6H3. The van der Waals surface area contributed by atoms with Crippen molar-refractivity contribution in [3.05, 3.63) is 59.2 Å². The van der Waals surface area contributed by atoms with Gasteiger partial charge in [-0.3, -0.25) is 9.59 Å². The summed E-state index contributed by atoms with van der Waals surface area (Å²) >= 11 is 0. The number of ether oxygens (including phenoxy) is 1. The number of aromatic hydroxyl groups is 1. The van der Waals surface area contributed by atoms with Crippen LogP contribution in [0.5, 0.6) is 11.5 Å². The van der Waals surface area contributed by atoms with Crippen molar-refractivity contribution in [1.29, 1.82) is 0 Å². The number of fused-ring (bicyclic) bond motifs is 1. The molecule has 0 aromatic heterocycles. The number of benzene rings is 1. The molecule has 4 heteroatoms. The quantitative estimate of drug-likeness (QED) is 0.808. The molecule has 3 rings (SSSR count). The summed E-state index contributed by atoms with van der Waals surface area (Å²) in [6, 6.07) is 5.31. The summed E-state index contributed by atoms with van der Waals surface area (Å²) < 4.78 is 5.56. The Morgan fingerprint density at radius 1 is 1.21 bits per heavy atom. The van der Waals surface area contributed by atoms with E-state index in [4.69, 9.17) is 4.74 Å². The molecule has 1 N–H and O–H groups in total. The maximum absolute atomic E-state index is 13.6. The Bertz CT molecular complexity index is 936. The predicted octanol–water partition coefficient (Wildman–Crippen LogP) is 4.89. The second-order valence-electron chi connectivity index (χ2n) is 8.12. The first-order valence-corrected chi connectivity index (χ1v) is 9.69. The molecule has 0 spiro atoms. The number of allylic oxidation sites excluding steroid dienone is 5. The fourth-order valence-electron chi connectivity index (χ4n) is 4.89. The van der Waals surface area contributed by atoms with Crippen molar-refractivity contribution in [2.45, 2.75) is 47.0 Å². The largest absolute Gasteiger partial charge is 0.504 e. The first-order valence-electron chi connectivity index (χ1n) is 9.69. The topological polar surface area (TPSA) is 63.6 Å². The summed E-state index contributed by atoms with van der Waals surface area (Å²) in [7, 11) is 0. The minimum absolute atomic E-state index is 0.00286. The molecule has 1 aromatic rings. The zero-order valence-corrected chi connectivity index (χ0v) is 17.3. The van der Waals surface area contributed by atoms with E-state index in [9.17, 15) is 14.7 Å². The molecule has 4 nitrogen and oxygen atoms in total. The summed E-state index contributed by atoms with van der Waals surface area (Å²) in [5, 5.41) is 10.9. The van der Waals surface area contributed by atoms with E-state index in [2.05, 4.69) is 6.58 Å². The van der Waals surface area contributed by atoms with Gasteiger partial charge in [-0.25, -0.2) is 0 Å². The molecular weight excluding hydrogens is 352 g/mol. The van der Waals surface area contributed by atoms with Crippen molar-refractivity contribution >= 4 is 11.6 Å².